The van der Waals surface area contributed by atoms with Crippen molar-refractivity contribution < 1.29 is 9.53 Å². The number of methoxy groups -OCH3 is 1. The van der Waals surface area contributed by atoms with E-state index in [0.717, 1.165) is 0 Å². The molecule has 70 valence electrons. The van der Waals surface area contributed by atoms with Gasteiger partial charge < -0.3 is 10.1 Å². The van der Waals surface area contributed by atoms with Gasteiger partial charge in [-0.2, -0.15) is 0 Å². The summed E-state index contributed by atoms with van der Waals surface area (Å²) in [6.07, 6.45) is 1.41. The van der Waals surface area contributed by atoms with Crippen molar-refractivity contribution in [2.75, 3.05) is 13.8 Å². The van der Waals surface area contributed by atoms with Gasteiger partial charge in [0, 0.05) is 13.3 Å². The Bertz CT molecular complexity index is 287. The molecular formula is C8H9ClN2O2. The lowest BCUT2D eigenvalue weighted by atomic mass is 10.3. The first kappa shape index (κ1) is 9.95. The van der Waals surface area contributed by atoms with Gasteiger partial charge in [-0.1, -0.05) is 11.6 Å². The Morgan fingerprint density at radius 1 is 1.69 bits per heavy atom. The van der Waals surface area contributed by atoms with Crippen LogP contribution in [0, 0.1) is 0 Å². The van der Waals surface area contributed by atoms with Crippen molar-refractivity contribution >= 4 is 17.5 Å². The maximum Gasteiger partial charge on any atom is 0.254 e. The average Bonchev–Trinajstić information content (AvgIpc) is 2.15. The lowest BCUT2D eigenvalue weighted by Gasteiger charge is -2.02. The Hall–Kier alpha value is -1.13. The molecule has 0 saturated heterocycles. The third-order valence-corrected chi connectivity index (χ3v) is 1.59. The van der Waals surface area contributed by atoms with Gasteiger partial charge in [0.05, 0.1) is 5.56 Å². The number of carbonyl (C=O) groups is 1. The SMILES string of the molecule is COCNC(=O)c1ccc(Cl)nc1. The van der Waals surface area contributed by atoms with Crippen LogP contribution in [0.3, 0.4) is 0 Å². The van der Waals surface area contributed by atoms with Gasteiger partial charge in [-0.15, -0.1) is 0 Å². The van der Waals surface area contributed by atoms with E-state index < -0.39 is 0 Å². The predicted molar refractivity (Wildman–Crippen MR) is 48.6 cm³/mol. The van der Waals surface area contributed by atoms with Crippen molar-refractivity contribution in [2.24, 2.45) is 0 Å². The molecule has 1 heterocycles. The van der Waals surface area contributed by atoms with Gasteiger partial charge in [0.1, 0.15) is 11.9 Å². The van der Waals surface area contributed by atoms with Crippen molar-refractivity contribution in [2.45, 2.75) is 0 Å². The van der Waals surface area contributed by atoms with Crippen LogP contribution in [0.15, 0.2) is 18.3 Å². The summed E-state index contributed by atoms with van der Waals surface area (Å²) in [6, 6.07) is 3.16. The number of halogens is 1. The monoisotopic (exact) mass is 200 g/mol. The summed E-state index contributed by atoms with van der Waals surface area (Å²) in [6.45, 7) is 0.182. The molecule has 0 aliphatic carbocycles. The van der Waals surface area contributed by atoms with E-state index in [9.17, 15) is 4.79 Å². The number of nitrogens with zero attached hydrogens (tertiary/aromatic N) is 1. The zero-order valence-corrected chi connectivity index (χ0v) is 7.84. The summed E-state index contributed by atoms with van der Waals surface area (Å²) in [4.78, 5) is 15.0. The Kier molecular flexibility index (Phi) is 3.67. The van der Waals surface area contributed by atoms with Crippen molar-refractivity contribution in [1.82, 2.24) is 10.3 Å². The van der Waals surface area contributed by atoms with E-state index in [4.69, 9.17) is 11.6 Å². The standard InChI is InChI=1S/C8H9ClN2O2/c1-13-5-11-8(12)6-2-3-7(9)10-4-6/h2-4H,5H2,1H3,(H,11,12). The van der Waals surface area contributed by atoms with E-state index in [1.807, 2.05) is 0 Å². The maximum atomic E-state index is 11.2. The zero-order chi connectivity index (χ0) is 9.68. The molecule has 0 spiro atoms. The van der Waals surface area contributed by atoms with Crippen LogP contribution in [0.25, 0.3) is 0 Å². The Morgan fingerprint density at radius 2 is 2.46 bits per heavy atom. The molecule has 1 aromatic heterocycles. The van der Waals surface area contributed by atoms with Crippen LogP contribution in [0.2, 0.25) is 5.15 Å². The highest BCUT2D eigenvalue weighted by molar-refractivity contribution is 6.29. The fourth-order valence-electron chi connectivity index (χ4n) is 0.750. The molecule has 0 fully saturated rings. The van der Waals surface area contributed by atoms with Gasteiger partial charge in [0.25, 0.3) is 5.91 Å². The van der Waals surface area contributed by atoms with Crippen LogP contribution < -0.4 is 5.32 Å². The van der Waals surface area contributed by atoms with Crippen molar-refractivity contribution in [1.29, 1.82) is 0 Å². The highest BCUT2D eigenvalue weighted by Gasteiger charge is 2.03. The van der Waals surface area contributed by atoms with E-state index in [2.05, 4.69) is 15.0 Å². The molecule has 0 radical (unpaired) electrons. The van der Waals surface area contributed by atoms with E-state index in [-0.39, 0.29) is 12.6 Å². The molecule has 13 heavy (non-hydrogen) atoms. The lowest BCUT2D eigenvalue weighted by Crippen LogP contribution is -2.25. The Balaban J connectivity index is 2.61. The number of hydrogen-bond acceptors (Lipinski definition) is 3. The Morgan fingerprint density at radius 3 is 3.00 bits per heavy atom. The number of hydrogen-bond donors (Lipinski definition) is 1. The van der Waals surface area contributed by atoms with E-state index in [0.29, 0.717) is 10.7 Å². The molecule has 0 saturated carbocycles. The van der Waals surface area contributed by atoms with Crippen molar-refractivity contribution in [3.05, 3.63) is 29.0 Å². The number of nitrogens with one attached hydrogen (secondary N) is 1. The molecule has 5 heteroatoms. The summed E-state index contributed by atoms with van der Waals surface area (Å²) in [5.41, 5.74) is 0.460. The number of pyridine rings is 1. The topological polar surface area (TPSA) is 51.2 Å². The molecule has 0 aliphatic rings. The van der Waals surface area contributed by atoms with E-state index >= 15 is 0 Å². The Labute approximate surface area is 80.9 Å². The van der Waals surface area contributed by atoms with Gasteiger partial charge in [0.15, 0.2) is 0 Å². The summed E-state index contributed by atoms with van der Waals surface area (Å²) < 4.78 is 4.68. The molecule has 4 nitrogen and oxygen atoms in total. The molecule has 0 aliphatic heterocycles. The van der Waals surface area contributed by atoms with E-state index in [1.54, 1.807) is 12.1 Å². The second-order valence-corrected chi connectivity index (χ2v) is 2.70. The van der Waals surface area contributed by atoms with Gasteiger partial charge in [-0.3, -0.25) is 4.79 Å². The van der Waals surface area contributed by atoms with Crippen LogP contribution in [-0.2, 0) is 4.74 Å². The second-order valence-electron chi connectivity index (χ2n) is 2.31. The average molecular weight is 201 g/mol. The third-order valence-electron chi connectivity index (χ3n) is 1.37. The van der Waals surface area contributed by atoms with Crippen molar-refractivity contribution in [3.63, 3.8) is 0 Å². The first-order valence-electron chi connectivity index (χ1n) is 3.62. The molecule has 0 unspecified atom stereocenters. The smallest absolute Gasteiger partial charge is 0.254 e. The molecule has 1 N–H and O–H groups in total. The number of ether oxygens (including phenoxy) is 1. The molecule has 0 atom stereocenters. The number of carbonyl (C=O) groups excluding carboxylic acids is 1. The van der Waals surface area contributed by atoms with Crippen LogP contribution in [0.5, 0.6) is 0 Å². The van der Waals surface area contributed by atoms with Crippen LogP contribution in [0.4, 0.5) is 0 Å². The maximum absolute atomic E-state index is 11.2. The summed E-state index contributed by atoms with van der Waals surface area (Å²) >= 11 is 5.55. The van der Waals surface area contributed by atoms with Gasteiger partial charge >= 0.3 is 0 Å². The number of aromatic nitrogens is 1. The molecular weight excluding hydrogens is 192 g/mol. The summed E-state index contributed by atoms with van der Waals surface area (Å²) in [5.74, 6) is -0.231. The third kappa shape index (κ3) is 3.01. The quantitative estimate of drug-likeness (QED) is 0.587. The van der Waals surface area contributed by atoms with Crippen LogP contribution in [-0.4, -0.2) is 24.7 Å². The first-order chi connectivity index (χ1) is 6.24. The normalized spacial score (nSPS) is 9.69. The second kappa shape index (κ2) is 4.79. The first-order valence-corrected chi connectivity index (χ1v) is 4.00. The lowest BCUT2D eigenvalue weighted by molar-refractivity contribution is 0.0872. The molecule has 1 rings (SSSR count). The molecule has 1 aromatic rings. The minimum atomic E-state index is -0.231. The summed E-state index contributed by atoms with van der Waals surface area (Å²) in [7, 11) is 1.50. The largest absolute Gasteiger partial charge is 0.364 e. The summed E-state index contributed by atoms with van der Waals surface area (Å²) in [5, 5.41) is 2.89. The number of rotatable bonds is 3. The zero-order valence-electron chi connectivity index (χ0n) is 7.08. The molecule has 0 aromatic carbocycles. The van der Waals surface area contributed by atoms with Crippen molar-refractivity contribution in [3.8, 4) is 0 Å². The van der Waals surface area contributed by atoms with Gasteiger partial charge in [-0.05, 0) is 12.1 Å². The van der Waals surface area contributed by atoms with Crippen LogP contribution in [0.1, 0.15) is 10.4 Å². The minimum absolute atomic E-state index is 0.182. The highest BCUT2D eigenvalue weighted by Crippen LogP contribution is 2.04. The van der Waals surface area contributed by atoms with E-state index in [1.165, 1.54) is 13.3 Å². The fraction of sp³-hybridized carbons (Fsp3) is 0.250. The fourth-order valence-corrected chi connectivity index (χ4v) is 0.862. The predicted octanol–water partition coefficient (Wildman–Crippen LogP) is 1.07. The van der Waals surface area contributed by atoms with Gasteiger partial charge in [-0.25, -0.2) is 4.98 Å². The number of amides is 1. The minimum Gasteiger partial charge on any atom is -0.364 e. The van der Waals surface area contributed by atoms with Crippen LogP contribution >= 0.6 is 11.6 Å². The molecule has 0 bridgehead atoms. The van der Waals surface area contributed by atoms with Gasteiger partial charge in [0.2, 0.25) is 0 Å². The molecule has 1 amide bonds. The highest BCUT2D eigenvalue weighted by atomic mass is 35.5.